The first-order chi connectivity index (χ1) is 10.0. The number of aliphatic hydroxyl groups is 1. The normalized spacial score (nSPS) is 12.7. The highest BCUT2D eigenvalue weighted by atomic mass is 32.2. The standard InChI is InChI=1S/C10H14N4O7S/c1-6(15)2-3-12-10-8(13(16)17)4-7(22(11,20)21)5-9(10)14(18)19/h4-6,12,15H,2-3H2,1H3,(H2,11,20,21). The van der Waals surface area contributed by atoms with Gasteiger partial charge in [0, 0.05) is 18.7 Å². The third kappa shape index (κ3) is 4.34. The highest BCUT2D eigenvalue weighted by Gasteiger charge is 2.29. The third-order valence-corrected chi connectivity index (χ3v) is 3.55. The molecule has 0 radical (unpaired) electrons. The van der Waals surface area contributed by atoms with Crippen LogP contribution in [0.25, 0.3) is 0 Å². The van der Waals surface area contributed by atoms with E-state index >= 15 is 0 Å². The number of primary sulfonamides is 1. The first-order valence-corrected chi connectivity index (χ1v) is 7.50. The number of rotatable bonds is 7. The van der Waals surface area contributed by atoms with Gasteiger partial charge in [-0.15, -0.1) is 0 Å². The van der Waals surface area contributed by atoms with Crippen LogP contribution in [0.15, 0.2) is 17.0 Å². The molecule has 0 heterocycles. The Morgan fingerprint density at radius 1 is 1.27 bits per heavy atom. The maximum absolute atomic E-state index is 11.3. The van der Waals surface area contributed by atoms with Crippen molar-refractivity contribution in [2.45, 2.75) is 24.3 Å². The average molecular weight is 334 g/mol. The molecule has 1 aromatic rings. The van der Waals surface area contributed by atoms with Crippen LogP contribution < -0.4 is 10.5 Å². The Morgan fingerprint density at radius 2 is 1.73 bits per heavy atom. The Kier molecular flexibility index (Phi) is 5.35. The summed E-state index contributed by atoms with van der Waals surface area (Å²) in [6.45, 7) is 1.50. The highest BCUT2D eigenvalue weighted by Crippen LogP contribution is 2.36. The molecule has 22 heavy (non-hydrogen) atoms. The monoisotopic (exact) mass is 334 g/mol. The number of hydrogen-bond acceptors (Lipinski definition) is 8. The van der Waals surface area contributed by atoms with Crippen molar-refractivity contribution < 1.29 is 23.4 Å². The second-order valence-electron chi connectivity index (χ2n) is 4.46. The van der Waals surface area contributed by atoms with E-state index in [4.69, 9.17) is 10.2 Å². The Morgan fingerprint density at radius 3 is 2.05 bits per heavy atom. The zero-order valence-electron chi connectivity index (χ0n) is 11.4. The van der Waals surface area contributed by atoms with Crippen LogP contribution in [0.1, 0.15) is 13.3 Å². The number of hydrogen-bond donors (Lipinski definition) is 3. The Labute approximate surface area is 125 Å². The van der Waals surface area contributed by atoms with Crippen molar-refractivity contribution in [3.05, 3.63) is 32.4 Å². The molecule has 1 unspecified atom stereocenters. The third-order valence-electron chi connectivity index (χ3n) is 2.66. The van der Waals surface area contributed by atoms with Crippen LogP contribution in [0.4, 0.5) is 17.1 Å². The summed E-state index contributed by atoms with van der Waals surface area (Å²) >= 11 is 0. The molecule has 11 nitrogen and oxygen atoms in total. The van der Waals surface area contributed by atoms with Gasteiger partial charge in [0.1, 0.15) is 0 Å². The molecule has 0 aliphatic carbocycles. The zero-order chi connectivity index (χ0) is 17.1. The van der Waals surface area contributed by atoms with Crippen molar-refractivity contribution >= 4 is 27.1 Å². The fourth-order valence-corrected chi connectivity index (χ4v) is 2.18. The first-order valence-electron chi connectivity index (χ1n) is 5.95. The predicted molar refractivity (Wildman–Crippen MR) is 75.9 cm³/mol. The fourth-order valence-electron chi connectivity index (χ4n) is 1.63. The number of nitrogens with two attached hydrogens (primary N) is 1. The predicted octanol–water partition coefficient (Wildman–Crippen LogP) is 0.333. The first kappa shape index (κ1) is 17.7. The molecule has 0 aliphatic heterocycles. The molecule has 1 aromatic carbocycles. The van der Waals surface area contributed by atoms with Gasteiger partial charge in [-0.2, -0.15) is 0 Å². The van der Waals surface area contributed by atoms with E-state index in [-0.39, 0.29) is 13.0 Å². The molecule has 12 heteroatoms. The summed E-state index contributed by atoms with van der Waals surface area (Å²) < 4.78 is 22.6. The topological polar surface area (TPSA) is 179 Å². The van der Waals surface area contributed by atoms with Crippen LogP contribution in [-0.4, -0.2) is 36.0 Å². The molecule has 0 aliphatic rings. The highest BCUT2D eigenvalue weighted by molar-refractivity contribution is 7.89. The summed E-state index contributed by atoms with van der Waals surface area (Å²) in [5, 5.41) is 38.5. The lowest BCUT2D eigenvalue weighted by Gasteiger charge is -2.10. The van der Waals surface area contributed by atoms with Crippen LogP contribution in [0, 0.1) is 20.2 Å². The maximum atomic E-state index is 11.3. The van der Waals surface area contributed by atoms with Gasteiger partial charge >= 0.3 is 11.4 Å². The molecule has 0 spiro atoms. The van der Waals surface area contributed by atoms with E-state index in [9.17, 15) is 28.6 Å². The van der Waals surface area contributed by atoms with E-state index < -0.39 is 47.9 Å². The van der Waals surface area contributed by atoms with E-state index in [1.54, 1.807) is 0 Å². The molecule has 0 amide bonds. The second-order valence-corrected chi connectivity index (χ2v) is 6.02. The van der Waals surface area contributed by atoms with Crippen LogP contribution in [0.5, 0.6) is 0 Å². The van der Waals surface area contributed by atoms with Gasteiger partial charge in [-0.3, -0.25) is 20.2 Å². The second kappa shape index (κ2) is 6.64. The fraction of sp³-hybridized carbons (Fsp3) is 0.400. The summed E-state index contributed by atoms with van der Waals surface area (Å²) in [6.07, 6.45) is -0.528. The van der Waals surface area contributed by atoms with Crippen LogP contribution in [-0.2, 0) is 10.0 Å². The molecule has 122 valence electrons. The van der Waals surface area contributed by atoms with Gasteiger partial charge < -0.3 is 10.4 Å². The van der Waals surface area contributed by atoms with E-state index in [0.717, 1.165) is 0 Å². The van der Waals surface area contributed by atoms with Crippen molar-refractivity contribution in [2.24, 2.45) is 5.14 Å². The number of nitrogens with one attached hydrogen (secondary N) is 1. The van der Waals surface area contributed by atoms with Gasteiger partial charge in [0.2, 0.25) is 10.0 Å². The minimum atomic E-state index is -4.34. The van der Waals surface area contributed by atoms with Gasteiger partial charge in [-0.1, -0.05) is 0 Å². The van der Waals surface area contributed by atoms with Crippen molar-refractivity contribution in [2.75, 3.05) is 11.9 Å². The molecule has 0 saturated heterocycles. The van der Waals surface area contributed by atoms with Crippen LogP contribution in [0.2, 0.25) is 0 Å². The van der Waals surface area contributed by atoms with Gasteiger partial charge in [-0.25, -0.2) is 13.6 Å². The summed E-state index contributed by atoms with van der Waals surface area (Å²) in [5.41, 5.74) is -2.02. The van der Waals surface area contributed by atoms with Crippen LogP contribution >= 0.6 is 0 Å². The average Bonchev–Trinajstić information content (AvgIpc) is 2.36. The molecule has 4 N–H and O–H groups in total. The lowest BCUT2D eigenvalue weighted by atomic mass is 10.2. The van der Waals surface area contributed by atoms with Crippen molar-refractivity contribution in [1.29, 1.82) is 0 Å². The number of nitro benzene ring substituents is 2. The summed E-state index contributed by atoms with van der Waals surface area (Å²) in [5.74, 6) is 0. The van der Waals surface area contributed by atoms with E-state index in [2.05, 4.69) is 5.32 Å². The number of aliphatic hydroxyl groups excluding tert-OH is 1. The van der Waals surface area contributed by atoms with Gasteiger partial charge in [-0.05, 0) is 13.3 Å². The van der Waals surface area contributed by atoms with Crippen molar-refractivity contribution in [1.82, 2.24) is 0 Å². The summed E-state index contributed by atoms with van der Waals surface area (Å²) in [6, 6.07) is 1.29. The number of nitrogens with zero attached hydrogens (tertiary/aromatic N) is 2. The molecule has 0 bridgehead atoms. The Hall–Kier alpha value is -2.31. The maximum Gasteiger partial charge on any atom is 0.300 e. The molecule has 1 atom stereocenters. The lowest BCUT2D eigenvalue weighted by molar-refractivity contribution is -0.392. The Balaban J connectivity index is 3.44. The molecule has 0 aromatic heterocycles. The summed E-state index contributed by atoms with van der Waals surface area (Å²) in [4.78, 5) is 19.4. The SMILES string of the molecule is CC(O)CCNc1c([N+](=O)[O-])cc(S(N)(=O)=O)cc1[N+](=O)[O-]. The minimum Gasteiger partial charge on any atom is -0.393 e. The number of nitro groups is 2. The molecular formula is C10H14N4O7S. The van der Waals surface area contributed by atoms with Crippen LogP contribution in [0.3, 0.4) is 0 Å². The van der Waals surface area contributed by atoms with E-state index in [1.807, 2.05) is 0 Å². The lowest BCUT2D eigenvalue weighted by Crippen LogP contribution is -2.15. The largest absolute Gasteiger partial charge is 0.393 e. The minimum absolute atomic E-state index is 0.0219. The number of sulfonamides is 1. The van der Waals surface area contributed by atoms with E-state index in [0.29, 0.717) is 12.1 Å². The van der Waals surface area contributed by atoms with E-state index in [1.165, 1.54) is 6.92 Å². The van der Waals surface area contributed by atoms with Gasteiger partial charge in [0.15, 0.2) is 5.69 Å². The molecule has 0 fully saturated rings. The number of anilines is 1. The van der Waals surface area contributed by atoms with Crippen molar-refractivity contribution in [3.63, 3.8) is 0 Å². The smallest absolute Gasteiger partial charge is 0.300 e. The van der Waals surface area contributed by atoms with Crippen molar-refractivity contribution in [3.8, 4) is 0 Å². The van der Waals surface area contributed by atoms with Gasteiger partial charge in [0.25, 0.3) is 0 Å². The quantitative estimate of drug-likeness (QED) is 0.471. The zero-order valence-corrected chi connectivity index (χ0v) is 12.2. The molecular weight excluding hydrogens is 320 g/mol. The Bertz CT molecular complexity index is 666. The molecule has 1 rings (SSSR count). The molecule has 0 saturated carbocycles. The van der Waals surface area contributed by atoms with Gasteiger partial charge in [0.05, 0.1) is 20.8 Å². The summed E-state index contributed by atoms with van der Waals surface area (Å²) in [7, 11) is -4.34. The number of benzene rings is 1.